The van der Waals surface area contributed by atoms with E-state index in [1.165, 1.54) is 25.1 Å². The molecule has 0 aromatic carbocycles. The predicted molar refractivity (Wildman–Crippen MR) is 117 cm³/mol. The van der Waals surface area contributed by atoms with E-state index in [0.29, 0.717) is 11.5 Å². The summed E-state index contributed by atoms with van der Waals surface area (Å²) in [7, 11) is 1.46. The molecule has 0 radical (unpaired) electrons. The predicted octanol–water partition coefficient (Wildman–Crippen LogP) is 2.53. The minimum absolute atomic E-state index is 0.0892. The summed E-state index contributed by atoms with van der Waals surface area (Å²) in [6.45, 7) is 0.981. The molecule has 3 heterocycles. The van der Waals surface area contributed by atoms with Gasteiger partial charge < -0.3 is 20.5 Å². The molecule has 1 aliphatic heterocycles. The number of pyridine rings is 1. The molecule has 0 bridgehead atoms. The molecule has 9 heteroatoms. The number of nitrogens with zero attached hydrogens (tertiary/aromatic N) is 3. The lowest BCUT2D eigenvalue weighted by molar-refractivity contribution is -0.138. The number of aryl methyl sites for hydroxylation is 2. The largest absolute Gasteiger partial charge is 0.481 e. The second-order valence-electron chi connectivity index (χ2n) is 8.58. The summed E-state index contributed by atoms with van der Waals surface area (Å²) < 4.78 is 4.94. The number of methoxy groups -OCH3 is 1. The summed E-state index contributed by atoms with van der Waals surface area (Å²) in [6, 6.07) is 3.81. The van der Waals surface area contributed by atoms with Gasteiger partial charge in [0.2, 0.25) is 5.91 Å². The summed E-state index contributed by atoms with van der Waals surface area (Å²) in [5.41, 5.74) is 2.93. The lowest BCUT2D eigenvalue weighted by atomic mass is 9.72. The normalized spacial score (nSPS) is 20.3. The number of nitrogens with one attached hydrogen (secondary N) is 2. The number of aliphatic carboxylic acids is 1. The number of hydrogen-bond acceptors (Lipinski definition) is 7. The molecule has 1 amide bonds. The van der Waals surface area contributed by atoms with Crippen LogP contribution in [0.15, 0.2) is 24.5 Å². The highest BCUT2D eigenvalue weighted by Crippen LogP contribution is 2.37. The molecule has 170 valence electrons. The van der Waals surface area contributed by atoms with E-state index in [9.17, 15) is 14.7 Å². The van der Waals surface area contributed by atoms with Crippen molar-refractivity contribution in [3.05, 3.63) is 41.3 Å². The minimum Gasteiger partial charge on any atom is -0.481 e. The zero-order valence-corrected chi connectivity index (χ0v) is 18.2. The third kappa shape index (κ3) is 5.33. The summed E-state index contributed by atoms with van der Waals surface area (Å²) in [4.78, 5) is 36.8. The van der Waals surface area contributed by atoms with E-state index in [1.54, 1.807) is 0 Å². The molecule has 4 rings (SSSR count). The number of rotatable bonds is 9. The van der Waals surface area contributed by atoms with Crippen molar-refractivity contribution in [1.82, 2.24) is 20.3 Å². The fourth-order valence-electron chi connectivity index (χ4n) is 4.37. The van der Waals surface area contributed by atoms with Crippen LogP contribution in [0.1, 0.15) is 55.0 Å². The van der Waals surface area contributed by atoms with E-state index in [1.807, 2.05) is 0 Å². The fraction of sp³-hybridized carbons (Fsp3) is 0.522. The smallest absolute Gasteiger partial charge is 0.316 e. The van der Waals surface area contributed by atoms with Gasteiger partial charge in [0, 0.05) is 36.1 Å². The summed E-state index contributed by atoms with van der Waals surface area (Å²) in [6.07, 6.45) is 8.52. The number of aromatic nitrogens is 3. The van der Waals surface area contributed by atoms with E-state index in [0.717, 1.165) is 56.6 Å². The lowest BCUT2D eigenvalue weighted by Gasteiger charge is -2.35. The van der Waals surface area contributed by atoms with E-state index >= 15 is 0 Å². The maximum Gasteiger partial charge on any atom is 0.316 e. The summed E-state index contributed by atoms with van der Waals surface area (Å²) in [5, 5.41) is 15.5. The molecule has 1 saturated carbocycles. The van der Waals surface area contributed by atoms with Crippen molar-refractivity contribution in [3.63, 3.8) is 0 Å². The SMILES string of the molecule is COc1ncc([C@H](CC(=O)O)NC(=O)[C@H]2C[C@H](CCc3ccc4c(n3)NCCC4)C2)cn1. The number of hydrogen-bond donors (Lipinski definition) is 3. The number of ether oxygens (including phenoxy) is 1. The van der Waals surface area contributed by atoms with Crippen molar-refractivity contribution in [2.75, 3.05) is 19.0 Å². The number of fused-ring (bicyclic) bond motifs is 1. The highest BCUT2D eigenvalue weighted by molar-refractivity contribution is 5.80. The zero-order valence-electron chi connectivity index (χ0n) is 18.2. The second kappa shape index (κ2) is 9.93. The highest BCUT2D eigenvalue weighted by atomic mass is 16.5. The van der Waals surface area contributed by atoms with Gasteiger partial charge in [-0.2, -0.15) is 0 Å². The lowest BCUT2D eigenvalue weighted by Crippen LogP contribution is -2.41. The van der Waals surface area contributed by atoms with Crippen molar-refractivity contribution in [1.29, 1.82) is 0 Å². The molecule has 2 aliphatic rings. The first-order valence-corrected chi connectivity index (χ1v) is 11.1. The molecular formula is C23H29N5O4. The molecular weight excluding hydrogens is 410 g/mol. The van der Waals surface area contributed by atoms with Gasteiger partial charge in [0.05, 0.1) is 19.6 Å². The van der Waals surface area contributed by atoms with Gasteiger partial charge in [-0.05, 0) is 56.1 Å². The van der Waals surface area contributed by atoms with Crippen molar-refractivity contribution in [2.45, 2.75) is 51.0 Å². The highest BCUT2D eigenvalue weighted by Gasteiger charge is 2.35. The van der Waals surface area contributed by atoms with Crippen molar-refractivity contribution < 1.29 is 19.4 Å². The Morgan fingerprint density at radius 1 is 1.28 bits per heavy atom. The Hall–Kier alpha value is -3.23. The molecule has 0 spiro atoms. The molecule has 3 N–H and O–H groups in total. The third-order valence-electron chi connectivity index (χ3n) is 6.30. The van der Waals surface area contributed by atoms with Gasteiger partial charge in [0.1, 0.15) is 5.82 Å². The number of amides is 1. The second-order valence-corrected chi connectivity index (χ2v) is 8.58. The van der Waals surface area contributed by atoms with Crippen LogP contribution in [0.4, 0.5) is 5.82 Å². The third-order valence-corrected chi connectivity index (χ3v) is 6.30. The summed E-state index contributed by atoms with van der Waals surface area (Å²) >= 11 is 0. The van der Waals surface area contributed by atoms with Gasteiger partial charge in [-0.1, -0.05) is 6.07 Å². The number of carbonyl (C=O) groups excluding carboxylic acids is 1. The zero-order chi connectivity index (χ0) is 22.5. The van der Waals surface area contributed by atoms with Gasteiger partial charge >= 0.3 is 12.0 Å². The molecule has 0 unspecified atom stereocenters. The van der Waals surface area contributed by atoms with Crippen molar-refractivity contribution in [2.24, 2.45) is 11.8 Å². The van der Waals surface area contributed by atoms with Crippen LogP contribution in [-0.4, -0.2) is 45.6 Å². The Labute approximate surface area is 187 Å². The van der Waals surface area contributed by atoms with Crippen LogP contribution < -0.4 is 15.4 Å². The summed E-state index contributed by atoms with van der Waals surface area (Å²) in [5.74, 6) is 0.308. The van der Waals surface area contributed by atoms with Crippen LogP contribution in [0.5, 0.6) is 6.01 Å². The Kier molecular flexibility index (Phi) is 6.82. The number of carboxylic acid groups (broad SMARTS) is 1. The Balaban J connectivity index is 1.26. The molecule has 0 saturated heterocycles. The van der Waals surface area contributed by atoms with Gasteiger partial charge in [0.15, 0.2) is 0 Å². The number of carbonyl (C=O) groups is 2. The van der Waals surface area contributed by atoms with Crippen molar-refractivity contribution in [3.8, 4) is 6.01 Å². The molecule has 1 aliphatic carbocycles. The van der Waals surface area contributed by atoms with E-state index in [2.05, 4.69) is 32.7 Å². The average Bonchev–Trinajstić information content (AvgIpc) is 2.77. The van der Waals surface area contributed by atoms with E-state index < -0.39 is 12.0 Å². The molecule has 2 aromatic heterocycles. The average molecular weight is 440 g/mol. The van der Waals surface area contributed by atoms with Crippen LogP contribution in [0.25, 0.3) is 0 Å². The van der Waals surface area contributed by atoms with Crippen molar-refractivity contribution >= 4 is 17.7 Å². The minimum atomic E-state index is -0.996. The Morgan fingerprint density at radius 3 is 2.78 bits per heavy atom. The van der Waals surface area contributed by atoms with Gasteiger partial charge in [-0.3, -0.25) is 9.59 Å². The van der Waals surface area contributed by atoms with E-state index in [-0.39, 0.29) is 24.3 Å². The van der Waals surface area contributed by atoms with Crippen LogP contribution in [0.3, 0.4) is 0 Å². The number of carboxylic acids is 1. The van der Waals surface area contributed by atoms with Crippen LogP contribution in [0, 0.1) is 11.8 Å². The topological polar surface area (TPSA) is 126 Å². The number of anilines is 1. The van der Waals surface area contributed by atoms with E-state index in [4.69, 9.17) is 9.72 Å². The Bertz CT molecular complexity index is 959. The first-order chi connectivity index (χ1) is 15.5. The molecule has 32 heavy (non-hydrogen) atoms. The van der Waals surface area contributed by atoms with Crippen LogP contribution in [0.2, 0.25) is 0 Å². The van der Waals surface area contributed by atoms with Gasteiger partial charge in [-0.25, -0.2) is 15.0 Å². The van der Waals surface area contributed by atoms with Crippen LogP contribution >= 0.6 is 0 Å². The quantitative estimate of drug-likeness (QED) is 0.544. The Morgan fingerprint density at radius 2 is 2.06 bits per heavy atom. The molecule has 1 fully saturated rings. The van der Waals surface area contributed by atoms with Crippen LogP contribution in [-0.2, 0) is 22.4 Å². The monoisotopic (exact) mass is 439 g/mol. The first-order valence-electron chi connectivity index (χ1n) is 11.1. The fourth-order valence-corrected chi connectivity index (χ4v) is 4.37. The van der Waals surface area contributed by atoms with Gasteiger partial charge in [-0.15, -0.1) is 0 Å². The first kappa shape index (κ1) is 22.0. The molecule has 2 aromatic rings. The van der Waals surface area contributed by atoms with Gasteiger partial charge in [0.25, 0.3) is 0 Å². The maximum atomic E-state index is 12.7. The maximum absolute atomic E-state index is 12.7. The standard InChI is InChI=1S/C23H29N5O4/c1-32-23-25-12-17(13-26-23)19(11-20(29)30)28-22(31)16-9-14(10-16)4-6-18-7-5-15-3-2-8-24-21(15)27-18/h5,7,12-14,16,19H,2-4,6,8-11H2,1H3,(H,24,27)(H,28,31)(H,29,30)/t14-,16-,19-/m0/s1. The molecule has 9 nitrogen and oxygen atoms in total. The molecule has 1 atom stereocenters.